The lowest BCUT2D eigenvalue weighted by molar-refractivity contribution is -0.120. The van der Waals surface area contributed by atoms with Crippen molar-refractivity contribution in [2.45, 2.75) is 45.7 Å². The van der Waals surface area contributed by atoms with Crippen LogP contribution in [0.3, 0.4) is 0 Å². The molecule has 0 bridgehead atoms. The Morgan fingerprint density at radius 3 is 2.21 bits per heavy atom. The van der Waals surface area contributed by atoms with Gasteiger partial charge in [0.15, 0.2) is 0 Å². The maximum atomic E-state index is 11.1. The van der Waals surface area contributed by atoms with Crippen LogP contribution in [0.2, 0.25) is 0 Å². The summed E-state index contributed by atoms with van der Waals surface area (Å²) in [5.41, 5.74) is -0.661. The van der Waals surface area contributed by atoms with Gasteiger partial charge >= 0.3 is 7.60 Å². The van der Waals surface area contributed by atoms with Gasteiger partial charge in [-0.05, 0) is 19.8 Å². The number of Topliss-reactive ketones (excluding diaryl/α,β-unsaturated/α-hetero) is 1. The normalized spacial score (nSPS) is 16.4. The average molecular weight is 222 g/mol. The van der Waals surface area contributed by atoms with Crippen LogP contribution >= 0.6 is 7.60 Å². The summed E-state index contributed by atoms with van der Waals surface area (Å²) in [6.45, 7) is 5.04. The van der Waals surface area contributed by atoms with Crippen molar-refractivity contribution in [3.05, 3.63) is 0 Å². The Kier molecular flexibility index (Phi) is 5.57. The minimum absolute atomic E-state index is 0.0143. The lowest BCUT2D eigenvalue weighted by atomic mass is 9.99. The van der Waals surface area contributed by atoms with E-state index in [2.05, 4.69) is 0 Å². The first-order chi connectivity index (χ1) is 6.29. The molecule has 0 aromatic rings. The largest absolute Gasteiger partial charge is 0.328 e. The number of carbonyl (C=O) groups excluding carboxylic acids is 1. The fraction of sp³-hybridized carbons (Fsp3) is 0.889. The van der Waals surface area contributed by atoms with Gasteiger partial charge in [0.1, 0.15) is 5.78 Å². The van der Waals surface area contributed by atoms with Crippen LogP contribution in [-0.2, 0) is 9.36 Å². The van der Waals surface area contributed by atoms with Gasteiger partial charge in [-0.1, -0.05) is 20.3 Å². The standard InChI is InChI=1S/C9H19O4P/c1-4-5-9(14(11,12)13)6-7(2)8(3)10/h7,9H,4-6H2,1-3H3,(H2,11,12,13). The van der Waals surface area contributed by atoms with E-state index in [1.165, 1.54) is 6.92 Å². The van der Waals surface area contributed by atoms with Crippen molar-refractivity contribution in [1.29, 1.82) is 0 Å². The van der Waals surface area contributed by atoms with Gasteiger partial charge in [0.2, 0.25) is 0 Å². The average Bonchev–Trinajstić information content (AvgIpc) is 2.01. The van der Waals surface area contributed by atoms with Gasteiger partial charge in [-0.2, -0.15) is 0 Å². The molecule has 0 spiro atoms. The van der Waals surface area contributed by atoms with E-state index in [0.717, 1.165) is 6.42 Å². The summed E-state index contributed by atoms with van der Waals surface area (Å²) in [7, 11) is -4.04. The highest BCUT2D eigenvalue weighted by molar-refractivity contribution is 7.52. The summed E-state index contributed by atoms with van der Waals surface area (Å²) in [6, 6.07) is 0. The van der Waals surface area contributed by atoms with Crippen LogP contribution in [0.25, 0.3) is 0 Å². The second-order valence-corrected chi connectivity index (χ2v) is 5.69. The third-order valence-electron chi connectivity index (χ3n) is 2.42. The first-order valence-electron chi connectivity index (χ1n) is 4.84. The van der Waals surface area contributed by atoms with E-state index < -0.39 is 13.3 Å². The summed E-state index contributed by atoms with van der Waals surface area (Å²) in [6.07, 6.45) is 1.48. The number of hydrogen-bond acceptors (Lipinski definition) is 2. The molecule has 0 aliphatic heterocycles. The maximum absolute atomic E-state index is 11.1. The molecule has 0 heterocycles. The van der Waals surface area contributed by atoms with Crippen molar-refractivity contribution in [3.63, 3.8) is 0 Å². The molecule has 0 radical (unpaired) electrons. The van der Waals surface area contributed by atoms with Crippen LogP contribution < -0.4 is 0 Å². The van der Waals surface area contributed by atoms with Crippen LogP contribution in [0.15, 0.2) is 0 Å². The van der Waals surface area contributed by atoms with Gasteiger partial charge in [0.05, 0.1) is 5.66 Å². The Morgan fingerprint density at radius 2 is 1.93 bits per heavy atom. The van der Waals surface area contributed by atoms with Crippen molar-refractivity contribution in [3.8, 4) is 0 Å². The van der Waals surface area contributed by atoms with E-state index in [4.69, 9.17) is 9.79 Å². The summed E-state index contributed by atoms with van der Waals surface area (Å²) in [5, 5.41) is 0. The molecule has 0 rings (SSSR count). The van der Waals surface area contributed by atoms with Crippen molar-refractivity contribution in [2.75, 3.05) is 0 Å². The van der Waals surface area contributed by atoms with Gasteiger partial charge < -0.3 is 9.79 Å². The van der Waals surface area contributed by atoms with Crippen molar-refractivity contribution in [2.24, 2.45) is 5.92 Å². The fourth-order valence-corrected chi connectivity index (χ4v) is 2.52. The summed E-state index contributed by atoms with van der Waals surface area (Å²) >= 11 is 0. The first-order valence-corrected chi connectivity index (χ1v) is 6.52. The van der Waals surface area contributed by atoms with E-state index in [0.29, 0.717) is 6.42 Å². The molecule has 0 saturated heterocycles. The maximum Gasteiger partial charge on any atom is 0.328 e. The molecule has 84 valence electrons. The van der Waals surface area contributed by atoms with Gasteiger partial charge in [0, 0.05) is 5.92 Å². The third-order valence-corrected chi connectivity index (χ3v) is 3.84. The van der Waals surface area contributed by atoms with Crippen LogP contribution in [0.1, 0.15) is 40.0 Å². The lowest BCUT2D eigenvalue weighted by Crippen LogP contribution is -2.17. The molecule has 2 unspecified atom stereocenters. The number of rotatable bonds is 6. The number of ketones is 1. The van der Waals surface area contributed by atoms with E-state index in [1.54, 1.807) is 6.92 Å². The molecule has 4 nitrogen and oxygen atoms in total. The van der Waals surface area contributed by atoms with Crippen LogP contribution in [0.5, 0.6) is 0 Å². The Bertz CT molecular complexity index is 233. The number of hydrogen-bond donors (Lipinski definition) is 2. The quantitative estimate of drug-likeness (QED) is 0.673. The monoisotopic (exact) mass is 222 g/mol. The van der Waals surface area contributed by atoms with Gasteiger partial charge in [-0.25, -0.2) is 0 Å². The smallest absolute Gasteiger partial charge is 0.324 e. The molecule has 0 aliphatic rings. The van der Waals surface area contributed by atoms with Crippen molar-refractivity contribution < 1.29 is 19.1 Å². The zero-order chi connectivity index (χ0) is 11.4. The summed E-state index contributed by atoms with van der Waals surface area (Å²) in [5.74, 6) is -0.279. The Hall–Kier alpha value is -0.180. The van der Waals surface area contributed by atoms with Crippen molar-refractivity contribution in [1.82, 2.24) is 0 Å². The summed E-state index contributed by atoms with van der Waals surface area (Å²) < 4.78 is 11.1. The fourth-order valence-electron chi connectivity index (χ4n) is 1.33. The molecular formula is C9H19O4P. The molecule has 0 saturated carbocycles. The summed E-state index contributed by atoms with van der Waals surface area (Å²) in [4.78, 5) is 29.0. The van der Waals surface area contributed by atoms with Crippen LogP contribution in [0.4, 0.5) is 0 Å². The minimum atomic E-state index is -4.04. The molecular weight excluding hydrogens is 203 g/mol. The first kappa shape index (κ1) is 13.8. The number of carbonyl (C=O) groups is 1. The van der Waals surface area contributed by atoms with Gasteiger partial charge in [-0.15, -0.1) is 0 Å². The molecule has 0 amide bonds. The predicted molar refractivity (Wildman–Crippen MR) is 55.2 cm³/mol. The highest BCUT2D eigenvalue weighted by atomic mass is 31.2. The van der Waals surface area contributed by atoms with Gasteiger partial charge in [0.25, 0.3) is 0 Å². The SMILES string of the molecule is CCCC(CC(C)C(C)=O)P(=O)(O)O. The Balaban J connectivity index is 4.38. The second-order valence-electron chi connectivity index (χ2n) is 3.78. The molecule has 0 aromatic heterocycles. The third kappa shape index (κ3) is 4.89. The van der Waals surface area contributed by atoms with Crippen molar-refractivity contribution >= 4 is 13.4 Å². The van der Waals surface area contributed by atoms with Crippen LogP contribution in [-0.4, -0.2) is 21.2 Å². The zero-order valence-electron chi connectivity index (χ0n) is 8.93. The predicted octanol–water partition coefficient (Wildman–Crippen LogP) is 1.95. The molecule has 5 heteroatoms. The zero-order valence-corrected chi connectivity index (χ0v) is 9.83. The van der Waals surface area contributed by atoms with E-state index >= 15 is 0 Å². The van der Waals surface area contributed by atoms with E-state index in [-0.39, 0.29) is 18.1 Å². The second kappa shape index (κ2) is 5.64. The van der Waals surface area contributed by atoms with E-state index in [1.807, 2.05) is 6.92 Å². The molecule has 14 heavy (non-hydrogen) atoms. The van der Waals surface area contributed by atoms with Gasteiger partial charge in [-0.3, -0.25) is 9.36 Å². The topological polar surface area (TPSA) is 74.6 Å². The lowest BCUT2D eigenvalue weighted by Gasteiger charge is -2.20. The highest BCUT2D eigenvalue weighted by Gasteiger charge is 2.30. The molecule has 2 N–H and O–H groups in total. The molecule has 0 aromatic carbocycles. The highest BCUT2D eigenvalue weighted by Crippen LogP contribution is 2.46. The Morgan fingerprint density at radius 1 is 1.43 bits per heavy atom. The minimum Gasteiger partial charge on any atom is -0.324 e. The Labute approximate surface area is 84.9 Å². The molecule has 2 atom stereocenters. The van der Waals surface area contributed by atoms with Crippen LogP contribution in [0, 0.1) is 5.92 Å². The molecule has 0 aliphatic carbocycles. The van der Waals surface area contributed by atoms with E-state index in [9.17, 15) is 9.36 Å². The molecule has 0 fully saturated rings.